The highest BCUT2D eigenvalue weighted by Gasteiger charge is 2.46. The molecular formula is C16H20BrNO3S2. The van der Waals surface area contributed by atoms with Crippen molar-refractivity contribution in [3.05, 3.63) is 44.8 Å². The van der Waals surface area contributed by atoms with Crippen LogP contribution in [0.2, 0.25) is 0 Å². The molecule has 3 heterocycles. The van der Waals surface area contributed by atoms with Gasteiger partial charge in [-0.05, 0) is 22.9 Å². The van der Waals surface area contributed by atoms with Crippen LogP contribution in [0.1, 0.15) is 16.2 Å². The zero-order valence-electron chi connectivity index (χ0n) is 13.1. The van der Waals surface area contributed by atoms with Crippen LogP contribution in [0, 0.1) is 0 Å². The van der Waals surface area contributed by atoms with Crippen molar-refractivity contribution in [3.8, 4) is 0 Å². The first-order valence-electron chi connectivity index (χ1n) is 7.25. The summed E-state index contributed by atoms with van der Waals surface area (Å²) < 4.78 is 6.51. The van der Waals surface area contributed by atoms with Crippen LogP contribution in [0.25, 0.3) is 0 Å². The molecule has 0 saturated carbocycles. The molecule has 2 aromatic heterocycles. The maximum atomic E-state index is 12.8. The second-order valence-corrected chi connectivity index (χ2v) is 8.22. The van der Waals surface area contributed by atoms with Crippen LogP contribution in [0.3, 0.4) is 0 Å². The number of carbonyl (C=O) groups is 1. The summed E-state index contributed by atoms with van der Waals surface area (Å²) in [7, 11) is 4.25. The van der Waals surface area contributed by atoms with E-state index in [4.69, 9.17) is 4.74 Å². The van der Waals surface area contributed by atoms with Gasteiger partial charge in [-0.3, -0.25) is 0 Å². The van der Waals surface area contributed by atoms with Gasteiger partial charge in [0, 0.05) is 6.42 Å². The smallest absolute Gasteiger partial charge is 0.349 e. The molecule has 0 amide bonds. The van der Waals surface area contributed by atoms with Crippen LogP contribution in [0.4, 0.5) is 0 Å². The molecule has 0 spiro atoms. The molecule has 1 fully saturated rings. The fourth-order valence-electron chi connectivity index (χ4n) is 2.85. The molecule has 3 rings (SSSR count). The van der Waals surface area contributed by atoms with Crippen molar-refractivity contribution in [2.45, 2.75) is 18.1 Å². The van der Waals surface area contributed by atoms with Gasteiger partial charge in [-0.15, -0.1) is 22.7 Å². The van der Waals surface area contributed by atoms with Gasteiger partial charge in [0.2, 0.25) is 5.60 Å². The zero-order chi connectivity index (χ0) is 15.8. The van der Waals surface area contributed by atoms with E-state index in [2.05, 4.69) is 14.1 Å². The van der Waals surface area contributed by atoms with Gasteiger partial charge in [0.15, 0.2) is 6.10 Å². The molecule has 23 heavy (non-hydrogen) atoms. The van der Waals surface area contributed by atoms with E-state index in [1.807, 2.05) is 22.9 Å². The number of ether oxygens (including phenoxy) is 1. The lowest BCUT2D eigenvalue weighted by Gasteiger charge is -2.26. The third-order valence-corrected chi connectivity index (χ3v) is 6.04. The third kappa shape index (κ3) is 3.69. The van der Waals surface area contributed by atoms with Crippen molar-refractivity contribution in [3.63, 3.8) is 0 Å². The van der Waals surface area contributed by atoms with E-state index in [1.165, 1.54) is 22.7 Å². The number of thiophene rings is 2. The molecule has 0 bridgehead atoms. The molecule has 4 nitrogen and oxygen atoms in total. The molecule has 0 aliphatic carbocycles. The Hall–Kier alpha value is -0.730. The number of likely N-dealkylation sites (tertiary alicyclic amines) is 1. The summed E-state index contributed by atoms with van der Waals surface area (Å²) in [5.41, 5.74) is -1.69. The Morgan fingerprint density at radius 2 is 1.83 bits per heavy atom. The zero-order valence-corrected chi connectivity index (χ0v) is 16.3. The lowest BCUT2D eigenvalue weighted by atomic mass is 10.00. The molecule has 7 heteroatoms. The summed E-state index contributed by atoms with van der Waals surface area (Å²) in [4.78, 5) is 14.0. The third-order valence-electron chi connectivity index (χ3n) is 4.08. The molecule has 2 aromatic rings. The largest absolute Gasteiger partial charge is 1.00 e. The minimum Gasteiger partial charge on any atom is -1.00 e. The van der Waals surface area contributed by atoms with E-state index in [-0.39, 0.29) is 23.1 Å². The van der Waals surface area contributed by atoms with Crippen molar-refractivity contribution in [1.29, 1.82) is 0 Å². The van der Waals surface area contributed by atoms with Gasteiger partial charge < -0.3 is 31.3 Å². The van der Waals surface area contributed by atoms with Crippen molar-refractivity contribution in [2.24, 2.45) is 0 Å². The van der Waals surface area contributed by atoms with Crippen molar-refractivity contribution in [1.82, 2.24) is 0 Å². The van der Waals surface area contributed by atoms with E-state index in [0.29, 0.717) is 9.75 Å². The molecule has 126 valence electrons. The highest BCUT2D eigenvalue weighted by atomic mass is 79.9. The molecule has 1 saturated heterocycles. The monoisotopic (exact) mass is 417 g/mol. The average Bonchev–Trinajstić information content (AvgIpc) is 3.19. The molecular weight excluding hydrogens is 398 g/mol. The molecule has 0 unspecified atom stereocenters. The molecule has 1 aliphatic heterocycles. The van der Waals surface area contributed by atoms with Gasteiger partial charge >= 0.3 is 5.97 Å². The quantitative estimate of drug-likeness (QED) is 0.535. The summed E-state index contributed by atoms with van der Waals surface area (Å²) in [6.07, 6.45) is 0.706. The number of quaternary nitrogens is 1. The first-order chi connectivity index (χ1) is 10.4. The van der Waals surface area contributed by atoms with E-state index >= 15 is 0 Å². The number of carbonyl (C=O) groups excluding carboxylic acids is 1. The lowest BCUT2D eigenvalue weighted by molar-refractivity contribution is -0.879. The van der Waals surface area contributed by atoms with Gasteiger partial charge in [-0.1, -0.05) is 12.1 Å². The second kappa shape index (κ2) is 7.03. The van der Waals surface area contributed by atoms with E-state index in [1.54, 1.807) is 12.1 Å². The Bertz CT molecular complexity index is 606. The molecule has 1 N–H and O–H groups in total. The van der Waals surface area contributed by atoms with Gasteiger partial charge in [-0.2, -0.15) is 0 Å². The number of halogens is 1. The maximum absolute atomic E-state index is 12.8. The highest BCUT2D eigenvalue weighted by Crippen LogP contribution is 2.37. The minimum absolute atomic E-state index is 0. The van der Waals surface area contributed by atoms with Crippen LogP contribution in [0.15, 0.2) is 35.0 Å². The molecule has 0 aromatic carbocycles. The number of likely N-dealkylation sites (N-methyl/N-ethyl adjacent to an activating group) is 1. The highest BCUT2D eigenvalue weighted by molar-refractivity contribution is 7.12. The fraction of sp³-hybridized carbons (Fsp3) is 0.438. The van der Waals surface area contributed by atoms with E-state index < -0.39 is 11.6 Å². The van der Waals surface area contributed by atoms with Gasteiger partial charge in [0.25, 0.3) is 0 Å². The number of esters is 1. The van der Waals surface area contributed by atoms with Gasteiger partial charge in [0.05, 0.1) is 30.4 Å². The average molecular weight is 418 g/mol. The van der Waals surface area contributed by atoms with E-state index in [9.17, 15) is 9.90 Å². The van der Waals surface area contributed by atoms with Crippen LogP contribution < -0.4 is 17.0 Å². The Balaban J connectivity index is 0.00000192. The Morgan fingerprint density at radius 1 is 1.26 bits per heavy atom. The van der Waals surface area contributed by atoms with Crippen LogP contribution in [-0.4, -0.2) is 48.8 Å². The minimum atomic E-state index is -1.69. The standard InChI is InChI=1S/C16H20NO3S2.BrH/c1-17(2)8-7-12(11-17)20-15(18)16(19,13-5-3-9-21-13)14-6-4-10-22-14;/h3-6,9-10,12,19H,7-8,11H2,1-2H3;1H/q+1;/p-1/t12-;/m1./s1. The number of hydrogen-bond acceptors (Lipinski definition) is 5. The summed E-state index contributed by atoms with van der Waals surface area (Å²) in [6.45, 7) is 1.77. The second-order valence-electron chi connectivity index (χ2n) is 6.32. The number of rotatable bonds is 4. The molecule has 0 radical (unpaired) electrons. The normalized spacial score (nSPS) is 20.0. The summed E-state index contributed by atoms with van der Waals surface area (Å²) in [5.74, 6) is -0.565. The van der Waals surface area contributed by atoms with Crippen LogP contribution in [-0.2, 0) is 15.1 Å². The Kier molecular flexibility index (Phi) is 5.68. The van der Waals surface area contributed by atoms with E-state index in [0.717, 1.165) is 24.0 Å². The van der Waals surface area contributed by atoms with Crippen LogP contribution in [0.5, 0.6) is 0 Å². The summed E-state index contributed by atoms with van der Waals surface area (Å²) >= 11 is 2.73. The van der Waals surface area contributed by atoms with Gasteiger partial charge in [-0.25, -0.2) is 4.79 Å². The van der Waals surface area contributed by atoms with Gasteiger partial charge in [0.1, 0.15) is 6.54 Å². The summed E-state index contributed by atoms with van der Waals surface area (Å²) in [6, 6.07) is 7.23. The maximum Gasteiger partial charge on any atom is 0.349 e. The SMILES string of the molecule is C[N+]1(C)CC[C@@H](OC(=O)C(O)(c2cccs2)c2cccs2)C1.[Br-]. The predicted molar refractivity (Wildman–Crippen MR) is 88.0 cm³/mol. The number of aliphatic hydroxyl groups is 1. The predicted octanol–water partition coefficient (Wildman–Crippen LogP) is -0.559. The summed E-state index contributed by atoms with van der Waals surface area (Å²) in [5, 5.41) is 14.8. The fourth-order valence-corrected chi connectivity index (χ4v) is 4.57. The first kappa shape index (κ1) is 18.6. The Labute approximate surface area is 154 Å². The lowest BCUT2D eigenvalue weighted by Crippen LogP contribution is -3.00. The number of hydrogen-bond donors (Lipinski definition) is 1. The number of nitrogens with zero attached hydrogens (tertiary/aromatic N) is 1. The first-order valence-corrected chi connectivity index (χ1v) is 9.01. The topological polar surface area (TPSA) is 46.5 Å². The van der Waals surface area contributed by atoms with Crippen molar-refractivity contribution >= 4 is 28.6 Å². The Morgan fingerprint density at radius 3 is 2.22 bits per heavy atom. The van der Waals surface area contributed by atoms with Crippen molar-refractivity contribution in [2.75, 3.05) is 27.2 Å². The van der Waals surface area contributed by atoms with Crippen molar-refractivity contribution < 1.29 is 36.1 Å². The van der Waals surface area contributed by atoms with Crippen LogP contribution >= 0.6 is 22.7 Å². The molecule has 1 aliphatic rings. The molecule has 1 atom stereocenters.